The van der Waals surface area contributed by atoms with Crippen LogP contribution in [0.4, 0.5) is 0 Å². The number of carboxylic acids is 1. The Morgan fingerprint density at radius 2 is 1.60 bits per heavy atom. The fourth-order valence-electron chi connectivity index (χ4n) is 5.23. The molecule has 5 rings (SSSR count). The summed E-state index contributed by atoms with van der Waals surface area (Å²) in [4.78, 5) is 35.6. The van der Waals surface area contributed by atoms with E-state index in [0.717, 1.165) is 38.3 Å². The van der Waals surface area contributed by atoms with E-state index in [4.69, 9.17) is 14.2 Å². The fourth-order valence-corrected chi connectivity index (χ4v) is 6.16. The summed E-state index contributed by atoms with van der Waals surface area (Å²) < 4.78 is 17.9. The fraction of sp³-hybridized carbons (Fsp3) is 0.270. The molecule has 0 aliphatic carbocycles. The van der Waals surface area contributed by atoms with Gasteiger partial charge >= 0.3 is 11.9 Å². The lowest BCUT2D eigenvalue weighted by molar-refractivity contribution is -0.245. The summed E-state index contributed by atoms with van der Waals surface area (Å²) in [6.45, 7) is 3.07. The summed E-state index contributed by atoms with van der Waals surface area (Å²) in [6.07, 6.45) is -1.21. The zero-order valence-electron chi connectivity index (χ0n) is 26.1. The van der Waals surface area contributed by atoms with Gasteiger partial charge in [-0.05, 0) is 65.1 Å². The molecular formula is C37H37NO8S. The molecular weight excluding hydrogens is 618 g/mol. The van der Waals surface area contributed by atoms with Gasteiger partial charge in [0.25, 0.3) is 5.91 Å². The van der Waals surface area contributed by atoms with Crippen LogP contribution in [-0.4, -0.2) is 46.0 Å². The quantitative estimate of drug-likeness (QED) is 0.116. The number of carbonyl (C=O) groups is 3. The Balaban J connectivity index is 1.28. The molecule has 1 saturated heterocycles. The van der Waals surface area contributed by atoms with Gasteiger partial charge in [0, 0.05) is 36.1 Å². The molecule has 4 atom stereocenters. The first-order chi connectivity index (χ1) is 22.7. The number of hydrogen-bond acceptors (Lipinski definition) is 8. The van der Waals surface area contributed by atoms with E-state index in [1.807, 2.05) is 72.8 Å². The number of aliphatic hydroxyl groups is 1. The van der Waals surface area contributed by atoms with Crippen LogP contribution in [0.1, 0.15) is 65.3 Å². The van der Waals surface area contributed by atoms with E-state index in [2.05, 4.69) is 5.32 Å². The minimum Gasteiger partial charge on any atom is -0.478 e. The lowest BCUT2D eigenvalue weighted by Gasteiger charge is -2.36. The summed E-state index contributed by atoms with van der Waals surface area (Å²) >= 11 is 1.60. The van der Waals surface area contributed by atoms with Crippen LogP contribution in [0.5, 0.6) is 0 Å². The van der Waals surface area contributed by atoms with Crippen LogP contribution in [0.2, 0.25) is 0 Å². The number of ether oxygens (including phenoxy) is 3. The molecule has 0 unspecified atom stereocenters. The predicted octanol–water partition coefficient (Wildman–Crippen LogP) is 6.45. The normalized spacial score (nSPS) is 18.2. The average molecular weight is 656 g/mol. The third-order valence-corrected chi connectivity index (χ3v) is 8.92. The number of esters is 1. The van der Waals surface area contributed by atoms with E-state index in [-0.39, 0.29) is 30.3 Å². The number of amides is 1. The van der Waals surface area contributed by atoms with Crippen molar-refractivity contribution in [2.45, 2.75) is 62.9 Å². The van der Waals surface area contributed by atoms with Crippen LogP contribution in [0.25, 0.3) is 11.1 Å². The molecule has 4 aromatic carbocycles. The number of thioether (sulfide) groups is 1. The van der Waals surface area contributed by atoms with Gasteiger partial charge in [-0.15, -0.1) is 11.8 Å². The number of nitrogens with one attached hydrogen (secondary N) is 1. The van der Waals surface area contributed by atoms with Gasteiger partial charge in [-0.2, -0.15) is 0 Å². The molecule has 0 aromatic heterocycles. The average Bonchev–Trinajstić information content (AvgIpc) is 3.09. The second-order valence-electron chi connectivity index (χ2n) is 11.3. The van der Waals surface area contributed by atoms with Crippen LogP contribution in [-0.2, 0) is 37.0 Å². The van der Waals surface area contributed by atoms with Crippen molar-refractivity contribution < 1.29 is 38.8 Å². The molecule has 4 aromatic rings. The SMILES string of the molecule is CC(=O)O[C@@H](C)C(=O)NCc1cccc(-c2ccc([C@@H]3O[C@H](CSc4ccc(C(=O)O)cc4)C[C@H](c4ccc(CO)cc4)O3)cc2)c1. The highest BCUT2D eigenvalue weighted by Gasteiger charge is 2.32. The van der Waals surface area contributed by atoms with Crippen LogP contribution in [0.15, 0.2) is 102 Å². The van der Waals surface area contributed by atoms with Crippen molar-refractivity contribution in [2.75, 3.05) is 5.75 Å². The molecule has 1 aliphatic heterocycles. The van der Waals surface area contributed by atoms with E-state index in [9.17, 15) is 24.6 Å². The van der Waals surface area contributed by atoms with Gasteiger partial charge in [0.05, 0.1) is 24.4 Å². The van der Waals surface area contributed by atoms with E-state index in [1.54, 1.807) is 36.0 Å². The Labute approximate surface area is 277 Å². The van der Waals surface area contributed by atoms with E-state index in [0.29, 0.717) is 18.7 Å². The molecule has 244 valence electrons. The highest BCUT2D eigenvalue weighted by molar-refractivity contribution is 7.99. The molecule has 1 heterocycles. The number of benzene rings is 4. The topological polar surface area (TPSA) is 131 Å². The first-order valence-electron chi connectivity index (χ1n) is 15.3. The second-order valence-corrected chi connectivity index (χ2v) is 12.4. The van der Waals surface area contributed by atoms with Crippen LogP contribution >= 0.6 is 11.8 Å². The molecule has 10 heteroatoms. The number of carboxylic acid groups (broad SMARTS) is 1. The molecule has 9 nitrogen and oxygen atoms in total. The van der Waals surface area contributed by atoms with Crippen molar-refractivity contribution in [2.24, 2.45) is 0 Å². The highest BCUT2D eigenvalue weighted by atomic mass is 32.2. The number of aromatic carboxylic acids is 1. The van der Waals surface area contributed by atoms with Crippen molar-refractivity contribution in [1.29, 1.82) is 0 Å². The van der Waals surface area contributed by atoms with Crippen molar-refractivity contribution in [3.8, 4) is 11.1 Å². The Hall–Kier alpha value is -4.48. The van der Waals surface area contributed by atoms with Gasteiger partial charge in [0.1, 0.15) is 0 Å². The first kappa shape index (κ1) is 33.9. The number of rotatable bonds is 12. The number of aliphatic hydroxyl groups excluding tert-OH is 1. The smallest absolute Gasteiger partial charge is 0.335 e. The van der Waals surface area contributed by atoms with Crippen molar-refractivity contribution in [1.82, 2.24) is 5.32 Å². The van der Waals surface area contributed by atoms with E-state index < -0.39 is 24.3 Å². The second kappa shape index (κ2) is 15.9. The van der Waals surface area contributed by atoms with Gasteiger partial charge in [-0.3, -0.25) is 9.59 Å². The van der Waals surface area contributed by atoms with Gasteiger partial charge in [-0.25, -0.2) is 4.79 Å². The van der Waals surface area contributed by atoms with Crippen LogP contribution in [0, 0.1) is 0 Å². The summed E-state index contributed by atoms with van der Waals surface area (Å²) in [7, 11) is 0. The zero-order valence-corrected chi connectivity index (χ0v) is 26.9. The van der Waals surface area contributed by atoms with Crippen LogP contribution < -0.4 is 5.32 Å². The zero-order chi connectivity index (χ0) is 33.3. The predicted molar refractivity (Wildman–Crippen MR) is 177 cm³/mol. The minimum atomic E-state index is -0.956. The maximum Gasteiger partial charge on any atom is 0.335 e. The molecule has 3 N–H and O–H groups in total. The van der Waals surface area contributed by atoms with Crippen molar-refractivity contribution >= 4 is 29.6 Å². The maximum atomic E-state index is 12.3. The Kier molecular flexibility index (Phi) is 11.4. The Bertz CT molecular complexity index is 1670. The molecule has 0 saturated carbocycles. The summed E-state index contributed by atoms with van der Waals surface area (Å²) in [5.74, 6) is -1.17. The molecule has 1 fully saturated rings. The molecule has 0 spiro atoms. The third-order valence-electron chi connectivity index (χ3n) is 7.77. The number of carbonyl (C=O) groups excluding carboxylic acids is 2. The van der Waals surface area contributed by atoms with Gasteiger partial charge in [-0.1, -0.05) is 66.7 Å². The summed E-state index contributed by atoms with van der Waals surface area (Å²) in [6, 6.07) is 30.4. The molecule has 0 bridgehead atoms. The van der Waals surface area contributed by atoms with Crippen molar-refractivity contribution in [3.63, 3.8) is 0 Å². The van der Waals surface area contributed by atoms with E-state index in [1.165, 1.54) is 13.8 Å². The molecule has 0 radical (unpaired) electrons. The largest absolute Gasteiger partial charge is 0.478 e. The highest BCUT2D eigenvalue weighted by Crippen LogP contribution is 2.40. The monoisotopic (exact) mass is 655 g/mol. The maximum absolute atomic E-state index is 12.3. The molecule has 1 aliphatic rings. The van der Waals surface area contributed by atoms with E-state index >= 15 is 0 Å². The molecule has 47 heavy (non-hydrogen) atoms. The Morgan fingerprint density at radius 1 is 0.894 bits per heavy atom. The van der Waals surface area contributed by atoms with Crippen molar-refractivity contribution in [3.05, 3.63) is 125 Å². The van der Waals surface area contributed by atoms with Gasteiger partial charge in [0.15, 0.2) is 12.4 Å². The van der Waals surface area contributed by atoms with Gasteiger partial charge in [0.2, 0.25) is 0 Å². The number of hydrogen-bond donors (Lipinski definition) is 3. The third kappa shape index (κ3) is 9.30. The van der Waals surface area contributed by atoms with Crippen LogP contribution in [0.3, 0.4) is 0 Å². The Morgan fingerprint density at radius 3 is 2.26 bits per heavy atom. The minimum absolute atomic E-state index is 0.0311. The summed E-state index contributed by atoms with van der Waals surface area (Å²) in [5, 5.41) is 21.5. The lowest BCUT2D eigenvalue weighted by Crippen LogP contribution is -2.35. The lowest BCUT2D eigenvalue weighted by atomic mass is 9.99. The standard InChI is InChI=1S/C37H37NO8S/c1-23(44-24(2)40)35(41)38-20-26-4-3-5-31(18-26)27-10-12-30(13-11-27)37-45-32(22-47-33-16-14-29(15-17-33)36(42)43)19-34(46-37)28-8-6-25(21-39)7-9-28/h3-18,23,32,34,37,39H,19-22H2,1-2H3,(H,38,41)(H,42,43)/t23-,32-,34+,37+/m0/s1. The molecule has 1 amide bonds. The summed E-state index contributed by atoms with van der Waals surface area (Å²) in [5.41, 5.74) is 5.81. The first-order valence-corrected chi connectivity index (χ1v) is 16.3. The van der Waals surface area contributed by atoms with Gasteiger partial charge < -0.3 is 29.7 Å².